The Morgan fingerprint density at radius 2 is 1.42 bits per heavy atom. The maximum Gasteiger partial charge on any atom is 0.411 e. The molecule has 3 aromatic carbocycles. The first-order chi connectivity index (χ1) is 27.2. The molecule has 57 heavy (non-hydrogen) atoms. The number of ketones is 1. The Bertz CT molecular complexity index is 1830. The number of amides is 6. The van der Waals surface area contributed by atoms with Crippen molar-refractivity contribution < 1.29 is 33.5 Å². The summed E-state index contributed by atoms with van der Waals surface area (Å²) in [6, 6.07) is 23.5. The lowest BCUT2D eigenvalue weighted by Crippen LogP contribution is -2.54. The summed E-state index contributed by atoms with van der Waals surface area (Å²) in [5, 5.41) is 15.1. The van der Waals surface area contributed by atoms with E-state index < -0.39 is 72.0 Å². The van der Waals surface area contributed by atoms with E-state index in [0.29, 0.717) is 12.0 Å². The van der Waals surface area contributed by atoms with Crippen LogP contribution in [0.5, 0.6) is 0 Å². The molecule has 0 bridgehead atoms. The molecule has 15 heteroatoms. The van der Waals surface area contributed by atoms with Gasteiger partial charge < -0.3 is 31.7 Å². The minimum absolute atomic E-state index is 0.0841. The van der Waals surface area contributed by atoms with Gasteiger partial charge in [-0.05, 0) is 50.3 Å². The van der Waals surface area contributed by atoms with Crippen LogP contribution < -0.4 is 32.4 Å². The van der Waals surface area contributed by atoms with E-state index in [1.54, 1.807) is 51.1 Å². The molecular formula is C42H54N8O7. The Hall–Kier alpha value is -6.09. The van der Waals surface area contributed by atoms with Crippen LogP contribution in [-0.2, 0) is 23.9 Å². The maximum absolute atomic E-state index is 14.0. The van der Waals surface area contributed by atoms with Gasteiger partial charge in [0, 0.05) is 26.1 Å². The SMILES string of the molecule is CCC[C@H](NC(=O)C1C[C@@H](N)CN1C(=O)OC(C)(C)C)C(=NNC(=O)NC(c1ccccc1)c1ccccc1)C(=O)NCC(=O)CC(C(=O)NC)c1ccccc1. The molecule has 4 rings (SSSR count). The van der Waals surface area contributed by atoms with E-state index in [1.807, 2.05) is 67.6 Å². The summed E-state index contributed by atoms with van der Waals surface area (Å²) in [4.78, 5) is 81.7. The first-order valence-electron chi connectivity index (χ1n) is 19.1. The third-order valence-electron chi connectivity index (χ3n) is 9.18. The van der Waals surface area contributed by atoms with E-state index in [1.165, 1.54) is 11.9 Å². The Balaban J connectivity index is 1.59. The van der Waals surface area contributed by atoms with Crippen molar-refractivity contribution in [2.45, 2.75) is 89.1 Å². The molecule has 0 saturated carbocycles. The summed E-state index contributed by atoms with van der Waals surface area (Å²) in [5.74, 6) is -3.03. The number of hydrogen-bond donors (Lipinski definition) is 6. The maximum atomic E-state index is 14.0. The monoisotopic (exact) mass is 782 g/mol. The predicted octanol–water partition coefficient (Wildman–Crippen LogP) is 3.66. The summed E-state index contributed by atoms with van der Waals surface area (Å²) in [6.45, 7) is 6.59. The molecule has 3 aromatic rings. The van der Waals surface area contributed by atoms with Crippen LogP contribution in [-0.4, -0.2) is 90.1 Å². The lowest BCUT2D eigenvalue weighted by molar-refractivity contribution is -0.126. The average molecular weight is 783 g/mol. The zero-order valence-corrected chi connectivity index (χ0v) is 33.1. The second-order valence-corrected chi connectivity index (χ2v) is 14.8. The molecule has 1 aliphatic heterocycles. The van der Waals surface area contributed by atoms with Crippen LogP contribution in [0.1, 0.15) is 82.0 Å². The third-order valence-corrected chi connectivity index (χ3v) is 9.18. The minimum Gasteiger partial charge on any atom is -0.444 e. The van der Waals surface area contributed by atoms with E-state index in [4.69, 9.17) is 10.5 Å². The zero-order chi connectivity index (χ0) is 41.5. The number of likely N-dealkylation sites (tertiary alicyclic amines) is 1. The van der Waals surface area contributed by atoms with Gasteiger partial charge in [-0.3, -0.25) is 24.1 Å². The van der Waals surface area contributed by atoms with Crippen molar-refractivity contribution in [3.63, 3.8) is 0 Å². The smallest absolute Gasteiger partial charge is 0.411 e. The van der Waals surface area contributed by atoms with Crippen molar-refractivity contribution in [1.82, 2.24) is 31.6 Å². The Morgan fingerprint density at radius 3 is 1.95 bits per heavy atom. The van der Waals surface area contributed by atoms with Crippen LogP contribution in [0.2, 0.25) is 0 Å². The Kier molecular flexibility index (Phi) is 15.9. The molecular weight excluding hydrogens is 729 g/mol. The van der Waals surface area contributed by atoms with Crippen molar-refractivity contribution in [1.29, 1.82) is 0 Å². The van der Waals surface area contributed by atoms with Crippen molar-refractivity contribution in [3.8, 4) is 0 Å². The lowest BCUT2D eigenvalue weighted by Gasteiger charge is -2.29. The average Bonchev–Trinajstić information content (AvgIpc) is 3.60. The van der Waals surface area contributed by atoms with Gasteiger partial charge in [-0.15, -0.1) is 0 Å². The molecule has 1 aliphatic rings. The topological polar surface area (TPSA) is 213 Å². The Morgan fingerprint density at radius 1 is 0.860 bits per heavy atom. The number of nitrogens with one attached hydrogen (secondary N) is 5. The number of rotatable bonds is 16. The summed E-state index contributed by atoms with van der Waals surface area (Å²) in [7, 11) is 1.48. The van der Waals surface area contributed by atoms with Gasteiger partial charge in [0.05, 0.1) is 24.5 Å². The number of benzene rings is 3. The van der Waals surface area contributed by atoms with Crippen LogP contribution in [0.25, 0.3) is 0 Å². The fraction of sp³-hybridized carbons (Fsp3) is 0.405. The van der Waals surface area contributed by atoms with Gasteiger partial charge in [-0.1, -0.05) is 104 Å². The number of urea groups is 1. The van der Waals surface area contributed by atoms with Gasteiger partial charge in [0.1, 0.15) is 17.4 Å². The predicted molar refractivity (Wildman–Crippen MR) is 216 cm³/mol. The van der Waals surface area contributed by atoms with Gasteiger partial charge in [0.15, 0.2) is 5.78 Å². The third kappa shape index (κ3) is 13.0. The number of likely N-dealkylation sites (N-methyl/N-ethyl adjacent to an activating group) is 1. The number of carbonyl (C=O) groups excluding carboxylic acids is 6. The highest BCUT2D eigenvalue weighted by molar-refractivity contribution is 6.41. The van der Waals surface area contributed by atoms with E-state index in [9.17, 15) is 28.8 Å². The van der Waals surface area contributed by atoms with Gasteiger partial charge in [0.2, 0.25) is 11.8 Å². The molecule has 0 aromatic heterocycles. The summed E-state index contributed by atoms with van der Waals surface area (Å²) >= 11 is 0. The summed E-state index contributed by atoms with van der Waals surface area (Å²) < 4.78 is 5.53. The zero-order valence-electron chi connectivity index (χ0n) is 33.1. The van der Waals surface area contributed by atoms with E-state index in [-0.39, 0.29) is 37.4 Å². The Labute approximate surface area is 333 Å². The standard InChI is InChI=1S/C42H54N8O7/c1-6-16-33(46-38(53)34-23-30(43)26-50(34)41(56)57-42(2,3)4)36(39(54)45-25-31(51)24-32(37(52)44-5)27-17-10-7-11-18-27)48-49-40(55)47-35(28-19-12-8-13-20-28)29-21-14-9-15-22-29/h7-15,17-22,30,32-35H,6,16,23-26,43H2,1-5H3,(H,44,52)(H,45,54)(H,46,53)(H2,47,49,55)/t30-,32?,33+,34?/m1/s1. The molecule has 1 saturated heterocycles. The first-order valence-corrected chi connectivity index (χ1v) is 19.1. The van der Waals surface area contributed by atoms with Gasteiger partial charge >= 0.3 is 12.1 Å². The molecule has 2 unspecified atom stereocenters. The number of ether oxygens (including phenoxy) is 1. The highest BCUT2D eigenvalue weighted by atomic mass is 16.6. The molecule has 0 spiro atoms. The van der Waals surface area contributed by atoms with Crippen molar-refractivity contribution in [3.05, 3.63) is 108 Å². The van der Waals surface area contributed by atoms with Crippen LogP contribution in [0.4, 0.5) is 9.59 Å². The van der Waals surface area contributed by atoms with Crippen LogP contribution in [0.3, 0.4) is 0 Å². The normalized spacial score (nSPS) is 16.5. The largest absolute Gasteiger partial charge is 0.444 e. The fourth-order valence-corrected chi connectivity index (χ4v) is 6.48. The van der Waals surface area contributed by atoms with Gasteiger partial charge in [-0.25, -0.2) is 15.0 Å². The quantitative estimate of drug-likeness (QED) is 0.0930. The van der Waals surface area contributed by atoms with Crippen LogP contribution in [0, 0.1) is 0 Å². The van der Waals surface area contributed by atoms with E-state index >= 15 is 0 Å². The van der Waals surface area contributed by atoms with E-state index in [2.05, 4.69) is 31.8 Å². The van der Waals surface area contributed by atoms with Crippen LogP contribution >= 0.6 is 0 Å². The first kappa shape index (κ1) is 43.6. The van der Waals surface area contributed by atoms with Gasteiger partial charge in [-0.2, -0.15) is 5.10 Å². The molecule has 0 aliphatic carbocycles. The summed E-state index contributed by atoms with van der Waals surface area (Å²) in [5.41, 5.74) is 9.73. The van der Waals surface area contributed by atoms with Crippen molar-refractivity contribution in [2.24, 2.45) is 10.8 Å². The summed E-state index contributed by atoms with van der Waals surface area (Å²) in [6.07, 6.45) is -0.0922. The number of nitrogens with two attached hydrogens (primary N) is 1. The van der Waals surface area contributed by atoms with Crippen molar-refractivity contribution >= 4 is 41.3 Å². The second-order valence-electron chi connectivity index (χ2n) is 14.8. The molecule has 7 N–H and O–H groups in total. The van der Waals surface area contributed by atoms with Gasteiger partial charge in [0.25, 0.3) is 5.91 Å². The molecule has 0 radical (unpaired) electrons. The number of hydrazone groups is 1. The minimum atomic E-state index is -1.07. The molecule has 4 atom stereocenters. The highest BCUT2D eigenvalue weighted by Crippen LogP contribution is 2.23. The molecule has 1 fully saturated rings. The number of hydrogen-bond acceptors (Lipinski definition) is 9. The fourth-order valence-electron chi connectivity index (χ4n) is 6.48. The number of carbonyl (C=O) groups is 6. The van der Waals surface area contributed by atoms with Crippen molar-refractivity contribution in [2.75, 3.05) is 20.1 Å². The highest BCUT2D eigenvalue weighted by Gasteiger charge is 2.41. The lowest BCUT2D eigenvalue weighted by atomic mass is 9.93. The molecule has 1 heterocycles. The van der Waals surface area contributed by atoms with E-state index in [0.717, 1.165) is 11.1 Å². The second kappa shape index (κ2) is 20.7. The number of Topliss-reactive ketones (excluding diaryl/α,β-unsaturated/α-hetero) is 1. The molecule has 6 amide bonds. The molecule has 15 nitrogen and oxygen atoms in total. The molecule has 304 valence electrons. The number of nitrogens with zero attached hydrogens (tertiary/aromatic N) is 2. The van der Waals surface area contributed by atoms with Crippen LogP contribution in [0.15, 0.2) is 96.1 Å².